The van der Waals surface area contributed by atoms with Crippen LogP contribution in [-0.4, -0.2) is 54.8 Å². The predicted octanol–water partition coefficient (Wildman–Crippen LogP) is 4.18. The van der Waals surface area contributed by atoms with Crippen molar-refractivity contribution >= 4 is 44.6 Å². The van der Waals surface area contributed by atoms with E-state index in [0.717, 1.165) is 5.56 Å². The fourth-order valence-electron chi connectivity index (χ4n) is 3.98. The number of hydrogen-bond donors (Lipinski definition) is 2. The number of sulfonamides is 1. The lowest BCUT2D eigenvalue weighted by Crippen LogP contribution is -2.37. The zero-order chi connectivity index (χ0) is 26.4. The predicted molar refractivity (Wildman–Crippen MR) is 144 cm³/mol. The summed E-state index contributed by atoms with van der Waals surface area (Å²) in [5.74, 6) is 0.776. The first-order chi connectivity index (χ1) is 17.8. The fourth-order valence-corrected chi connectivity index (χ4v) is 5.42. The molecule has 0 atom stereocenters. The van der Waals surface area contributed by atoms with Gasteiger partial charge in [-0.2, -0.15) is 0 Å². The lowest BCUT2D eigenvalue weighted by molar-refractivity contribution is -0.115. The molecule has 0 saturated carbocycles. The molecule has 2 N–H and O–H groups in total. The van der Waals surface area contributed by atoms with Crippen LogP contribution in [0, 0.1) is 0 Å². The van der Waals surface area contributed by atoms with E-state index in [-0.39, 0.29) is 17.2 Å². The van der Waals surface area contributed by atoms with E-state index in [1.165, 1.54) is 20.3 Å². The van der Waals surface area contributed by atoms with Gasteiger partial charge in [0.15, 0.2) is 11.5 Å². The SMILES string of the molecule is COc1ccc(CC(=O)Nc2ccc(N3CCOCC3)c(S(=O)(=O)Nc3ccc(Cl)cc3)c2)cc1OC. The smallest absolute Gasteiger partial charge is 0.264 e. The van der Waals surface area contributed by atoms with Crippen molar-refractivity contribution < 1.29 is 27.4 Å². The largest absolute Gasteiger partial charge is 0.493 e. The second-order valence-electron chi connectivity index (χ2n) is 8.31. The van der Waals surface area contributed by atoms with E-state index in [1.54, 1.807) is 54.6 Å². The first-order valence-corrected chi connectivity index (χ1v) is 13.4. The van der Waals surface area contributed by atoms with Crippen LogP contribution >= 0.6 is 11.6 Å². The standard InChI is InChI=1S/C26H28ClN3O6S/c1-34-23-10-3-18(15-24(23)35-2)16-26(31)28-21-8-9-22(30-11-13-36-14-12-30)25(17-21)37(32,33)29-20-6-4-19(27)5-7-20/h3-10,15,17,29H,11-14,16H2,1-2H3,(H,28,31). The molecule has 0 radical (unpaired) electrons. The maximum absolute atomic E-state index is 13.5. The number of carbonyl (C=O) groups is 1. The monoisotopic (exact) mass is 545 g/mol. The molecule has 196 valence electrons. The Morgan fingerprint density at radius 1 is 0.946 bits per heavy atom. The van der Waals surface area contributed by atoms with Crippen molar-refractivity contribution in [1.82, 2.24) is 0 Å². The molecule has 1 heterocycles. The maximum atomic E-state index is 13.5. The molecule has 1 aliphatic rings. The zero-order valence-corrected chi connectivity index (χ0v) is 22.1. The van der Waals surface area contributed by atoms with Gasteiger partial charge in [-0.1, -0.05) is 17.7 Å². The summed E-state index contributed by atoms with van der Waals surface area (Å²) < 4.78 is 45.5. The molecule has 0 unspecified atom stereocenters. The van der Waals surface area contributed by atoms with Gasteiger partial charge in [-0.3, -0.25) is 9.52 Å². The van der Waals surface area contributed by atoms with Gasteiger partial charge in [-0.05, 0) is 60.2 Å². The number of morpholine rings is 1. The number of ether oxygens (including phenoxy) is 3. The summed E-state index contributed by atoms with van der Waals surface area (Å²) in [4.78, 5) is 14.8. The molecular weight excluding hydrogens is 518 g/mol. The Hall–Kier alpha value is -3.47. The molecule has 0 aromatic heterocycles. The molecular formula is C26H28ClN3O6S. The van der Waals surface area contributed by atoms with Gasteiger partial charge in [0, 0.05) is 29.5 Å². The van der Waals surface area contributed by atoms with Crippen LogP contribution in [0.1, 0.15) is 5.56 Å². The molecule has 0 aliphatic carbocycles. The maximum Gasteiger partial charge on any atom is 0.264 e. The molecule has 0 spiro atoms. The highest BCUT2D eigenvalue weighted by Crippen LogP contribution is 2.32. The first-order valence-electron chi connectivity index (χ1n) is 11.5. The average Bonchev–Trinajstić information content (AvgIpc) is 2.90. The van der Waals surface area contributed by atoms with Gasteiger partial charge in [-0.25, -0.2) is 8.42 Å². The van der Waals surface area contributed by atoms with E-state index < -0.39 is 10.0 Å². The van der Waals surface area contributed by atoms with E-state index in [4.69, 9.17) is 25.8 Å². The number of amides is 1. The van der Waals surface area contributed by atoms with Crippen molar-refractivity contribution in [2.75, 3.05) is 55.5 Å². The van der Waals surface area contributed by atoms with Gasteiger partial charge in [-0.15, -0.1) is 0 Å². The Morgan fingerprint density at radius 2 is 1.62 bits per heavy atom. The van der Waals surface area contributed by atoms with Crippen LogP contribution in [0.25, 0.3) is 0 Å². The van der Waals surface area contributed by atoms with Crippen molar-refractivity contribution in [3.63, 3.8) is 0 Å². The van der Waals surface area contributed by atoms with E-state index in [0.29, 0.717) is 59.9 Å². The third-order valence-corrected chi connectivity index (χ3v) is 7.46. The summed E-state index contributed by atoms with van der Waals surface area (Å²) in [5.41, 5.74) is 1.99. The Bertz CT molecular complexity index is 1360. The van der Waals surface area contributed by atoms with Crippen LogP contribution in [0.15, 0.2) is 65.6 Å². The van der Waals surface area contributed by atoms with E-state index >= 15 is 0 Å². The van der Waals surface area contributed by atoms with Gasteiger partial charge in [0.2, 0.25) is 5.91 Å². The number of nitrogens with one attached hydrogen (secondary N) is 2. The Morgan fingerprint density at radius 3 is 2.30 bits per heavy atom. The van der Waals surface area contributed by atoms with Crippen LogP contribution < -0.4 is 24.4 Å². The van der Waals surface area contributed by atoms with Crippen molar-refractivity contribution in [3.05, 3.63) is 71.2 Å². The molecule has 1 fully saturated rings. The molecule has 1 aliphatic heterocycles. The number of carbonyl (C=O) groups excluding carboxylic acids is 1. The Labute approximate surface area is 221 Å². The number of rotatable bonds is 9. The molecule has 4 rings (SSSR count). The number of benzene rings is 3. The summed E-state index contributed by atoms with van der Waals surface area (Å²) in [6, 6.07) is 16.5. The highest BCUT2D eigenvalue weighted by molar-refractivity contribution is 7.92. The molecule has 3 aromatic carbocycles. The minimum absolute atomic E-state index is 0.0493. The number of anilines is 3. The molecule has 9 nitrogen and oxygen atoms in total. The summed E-state index contributed by atoms with van der Waals surface area (Å²) in [5, 5.41) is 3.30. The van der Waals surface area contributed by atoms with Crippen molar-refractivity contribution in [3.8, 4) is 11.5 Å². The molecule has 1 saturated heterocycles. The highest BCUT2D eigenvalue weighted by atomic mass is 35.5. The van der Waals surface area contributed by atoms with Crippen molar-refractivity contribution in [2.24, 2.45) is 0 Å². The highest BCUT2D eigenvalue weighted by Gasteiger charge is 2.24. The number of hydrogen-bond acceptors (Lipinski definition) is 7. The summed E-state index contributed by atoms with van der Waals surface area (Å²) in [6.45, 7) is 2.09. The second kappa shape index (κ2) is 11.7. The molecule has 0 bridgehead atoms. The van der Waals surface area contributed by atoms with Crippen LogP contribution in [0.5, 0.6) is 11.5 Å². The minimum atomic E-state index is -4.00. The Balaban J connectivity index is 1.59. The van der Waals surface area contributed by atoms with Gasteiger partial charge in [0.1, 0.15) is 4.90 Å². The summed E-state index contributed by atoms with van der Waals surface area (Å²) >= 11 is 5.94. The van der Waals surface area contributed by atoms with Crippen LogP contribution in [0.3, 0.4) is 0 Å². The van der Waals surface area contributed by atoms with Crippen LogP contribution in [0.2, 0.25) is 5.02 Å². The zero-order valence-electron chi connectivity index (χ0n) is 20.5. The first kappa shape index (κ1) is 26.6. The van der Waals surface area contributed by atoms with Crippen LogP contribution in [0.4, 0.5) is 17.1 Å². The number of methoxy groups -OCH3 is 2. The second-order valence-corrected chi connectivity index (χ2v) is 10.4. The topological polar surface area (TPSA) is 106 Å². The molecule has 37 heavy (non-hydrogen) atoms. The van der Waals surface area contributed by atoms with Crippen LogP contribution in [-0.2, 0) is 26.0 Å². The third-order valence-electron chi connectivity index (χ3n) is 5.79. The average molecular weight is 546 g/mol. The minimum Gasteiger partial charge on any atom is -0.493 e. The van der Waals surface area contributed by atoms with Gasteiger partial charge in [0.05, 0.1) is 39.5 Å². The van der Waals surface area contributed by atoms with Gasteiger partial charge in [0.25, 0.3) is 10.0 Å². The number of nitrogens with zero attached hydrogens (tertiary/aromatic N) is 1. The van der Waals surface area contributed by atoms with E-state index in [9.17, 15) is 13.2 Å². The van der Waals surface area contributed by atoms with Crippen molar-refractivity contribution in [1.29, 1.82) is 0 Å². The summed E-state index contributed by atoms with van der Waals surface area (Å²) in [6.07, 6.45) is 0.0661. The Kier molecular flexibility index (Phi) is 8.42. The van der Waals surface area contributed by atoms with Crippen molar-refractivity contribution in [2.45, 2.75) is 11.3 Å². The lowest BCUT2D eigenvalue weighted by Gasteiger charge is -2.30. The van der Waals surface area contributed by atoms with Gasteiger partial charge < -0.3 is 24.4 Å². The third kappa shape index (κ3) is 6.65. The van der Waals surface area contributed by atoms with E-state index in [1.807, 2.05) is 4.90 Å². The lowest BCUT2D eigenvalue weighted by atomic mass is 10.1. The molecule has 1 amide bonds. The molecule has 3 aromatic rings. The quantitative estimate of drug-likeness (QED) is 0.415. The number of halogens is 1. The molecule has 11 heteroatoms. The van der Waals surface area contributed by atoms with Gasteiger partial charge >= 0.3 is 0 Å². The summed E-state index contributed by atoms with van der Waals surface area (Å²) in [7, 11) is -0.932. The normalized spacial score (nSPS) is 13.6. The fraction of sp³-hybridized carbons (Fsp3) is 0.269. The van der Waals surface area contributed by atoms with E-state index in [2.05, 4.69) is 10.0 Å².